The van der Waals surface area contributed by atoms with Gasteiger partial charge in [0, 0.05) is 30.2 Å². The van der Waals surface area contributed by atoms with E-state index >= 15 is 0 Å². The number of rotatable bonds is 7. The zero-order chi connectivity index (χ0) is 16.7. The van der Waals surface area contributed by atoms with Gasteiger partial charge in [-0.3, -0.25) is 5.41 Å². The summed E-state index contributed by atoms with van der Waals surface area (Å²) in [5.74, 6) is 0.00381. The molecule has 0 aromatic heterocycles. The average Bonchev–Trinajstić information content (AvgIpc) is 2.57. The molecule has 136 valence electrons. The Hall–Kier alpha value is -1.00. The van der Waals surface area contributed by atoms with E-state index in [1.807, 2.05) is 19.1 Å². The Morgan fingerprint density at radius 2 is 2.04 bits per heavy atom. The number of halogens is 3. The predicted octanol–water partition coefficient (Wildman–Crippen LogP) is 5.35. The van der Waals surface area contributed by atoms with Crippen molar-refractivity contribution < 1.29 is 9.13 Å². The molecular formula is C18H27Cl2FN2O. The summed E-state index contributed by atoms with van der Waals surface area (Å²) in [5, 5.41) is 8.13. The molecule has 1 heterocycles. The van der Waals surface area contributed by atoms with Crippen molar-refractivity contribution in [3.8, 4) is 0 Å². The van der Waals surface area contributed by atoms with Crippen molar-refractivity contribution in [3.05, 3.63) is 29.6 Å². The van der Waals surface area contributed by atoms with Gasteiger partial charge in [-0.15, -0.1) is 24.0 Å². The van der Waals surface area contributed by atoms with E-state index in [0.29, 0.717) is 24.5 Å². The number of benzene rings is 1. The summed E-state index contributed by atoms with van der Waals surface area (Å²) in [6.07, 6.45) is 4.98. The van der Waals surface area contributed by atoms with Crippen LogP contribution in [0.5, 0.6) is 0 Å². The lowest BCUT2D eigenvalue weighted by molar-refractivity contribution is 0.304. The summed E-state index contributed by atoms with van der Waals surface area (Å²) in [6, 6.07) is 5.26. The number of ether oxygens (including phenoxy) is 1. The molecule has 1 atom stereocenters. The molecule has 6 heteroatoms. The van der Waals surface area contributed by atoms with Gasteiger partial charge in [0.15, 0.2) is 5.90 Å². The number of nitrogens with one attached hydrogen (secondary N) is 1. The van der Waals surface area contributed by atoms with Crippen LogP contribution < -0.4 is 4.90 Å². The molecule has 0 amide bonds. The fourth-order valence-corrected chi connectivity index (χ4v) is 3.27. The zero-order valence-electron chi connectivity index (χ0n) is 14.2. The maximum Gasteiger partial charge on any atom is 0.188 e. The Kier molecular flexibility index (Phi) is 9.45. The molecule has 1 N–H and O–H groups in total. The van der Waals surface area contributed by atoms with Crippen LogP contribution >= 0.6 is 24.0 Å². The first-order valence-corrected chi connectivity index (χ1v) is 9.02. The van der Waals surface area contributed by atoms with Gasteiger partial charge in [0.2, 0.25) is 0 Å². The van der Waals surface area contributed by atoms with Crippen LogP contribution in [0.2, 0.25) is 0 Å². The molecular weight excluding hydrogens is 350 g/mol. The molecule has 24 heavy (non-hydrogen) atoms. The van der Waals surface area contributed by atoms with Crippen LogP contribution in [0.1, 0.15) is 50.5 Å². The maximum absolute atomic E-state index is 14.4. The van der Waals surface area contributed by atoms with Gasteiger partial charge in [-0.25, -0.2) is 4.39 Å². The molecule has 0 bridgehead atoms. The molecule has 1 saturated heterocycles. The Balaban J connectivity index is 0.00000288. The SMILES string of the molecule is CCOC(=N)C(CCCCl)c1cc(N2CCCCC2)ccc1F.Cl. The van der Waals surface area contributed by atoms with E-state index in [4.69, 9.17) is 21.7 Å². The Labute approximate surface area is 155 Å². The monoisotopic (exact) mass is 376 g/mol. The molecule has 0 saturated carbocycles. The third kappa shape index (κ3) is 5.52. The van der Waals surface area contributed by atoms with Crippen LogP contribution in [0.3, 0.4) is 0 Å². The van der Waals surface area contributed by atoms with Crippen LogP contribution in [0.25, 0.3) is 0 Å². The van der Waals surface area contributed by atoms with Crippen molar-refractivity contribution >= 4 is 35.6 Å². The molecule has 0 aliphatic carbocycles. The van der Waals surface area contributed by atoms with E-state index in [1.54, 1.807) is 0 Å². The van der Waals surface area contributed by atoms with Crippen LogP contribution in [0.15, 0.2) is 18.2 Å². The Morgan fingerprint density at radius 3 is 2.67 bits per heavy atom. The lowest BCUT2D eigenvalue weighted by Crippen LogP contribution is -2.29. The third-order valence-corrected chi connectivity index (χ3v) is 4.59. The fraction of sp³-hybridized carbons (Fsp3) is 0.611. The molecule has 3 nitrogen and oxygen atoms in total. The van der Waals surface area contributed by atoms with E-state index in [2.05, 4.69) is 4.90 Å². The highest BCUT2D eigenvalue weighted by molar-refractivity contribution is 6.17. The maximum atomic E-state index is 14.4. The van der Waals surface area contributed by atoms with Crippen LogP contribution in [0.4, 0.5) is 10.1 Å². The molecule has 0 radical (unpaired) electrons. The third-order valence-electron chi connectivity index (χ3n) is 4.32. The zero-order valence-corrected chi connectivity index (χ0v) is 15.8. The quantitative estimate of drug-likeness (QED) is 0.395. The summed E-state index contributed by atoms with van der Waals surface area (Å²) in [5.41, 5.74) is 1.60. The minimum absolute atomic E-state index is 0. The number of hydrogen-bond donors (Lipinski definition) is 1. The van der Waals surface area contributed by atoms with Gasteiger partial charge in [0.1, 0.15) is 5.82 Å². The van der Waals surface area contributed by atoms with E-state index in [-0.39, 0.29) is 30.0 Å². The summed E-state index contributed by atoms with van der Waals surface area (Å²) >= 11 is 5.79. The first-order chi connectivity index (χ1) is 11.2. The van der Waals surface area contributed by atoms with E-state index in [0.717, 1.165) is 25.2 Å². The van der Waals surface area contributed by atoms with Crippen LogP contribution in [-0.2, 0) is 4.74 Å². The molecule has 1 aliphatic rings. The standard InChI is InChI=1S/C18H26ClFN2O.ClH/c1-2-23-18(21)15(7-6-10-19)16-13-14(8-9-17(16)20)22-11-4-3-5-12-22;/h8-9,13,15,21H,2-7,10-12H2,1H3;1H. The number of alkyl halides is 1. The molecule has 1 aliphatic heterocycles. The second-order valence-corrected chi connectivity index (χ2v) is 6.31. The topological polar surface area (TPSA) is 36.3 Å². The summed E-state index contributed by atoms with van der Waals surface area (Å²) in [7, 11) is 0. The van der Waals surface area contributed by atoms with Gasteiger partial charge in [0.25, 0.3) is 0 Å². The van der Waals surface area contributed by atoms with Crippen molar-refractivity contribution in [2.24, 2.45) is 0 Å². The van der Waals surface area contributed by atoms with E-state index in [9.17, 15) is 4.39 Å². The highest BCUT2D eigenvalue weighted by Gasteiger charge is 2.23. The predicted molar refractivity (Wildman–Crippen MR) is 102 cm³/mol. The molecule has 1 aromatic rings. The minimum atomic E-state index is -0.363. The average molecular weight is 377 g/mol. The normalized spacial score (nSPS) is 15.5. The molecule has 1 aromatic carbocycles. The smallest absolute Gasteiger partial charge is 0.188 e. The second-order valence-electron chi connectivity index (χ2n) is 5.93. The largest absolute Gasteiger partial charge is 0.481 e. The first-order valence-electron chi connectivity index (χ1n) is 8.49. The second kappa shape index (κ2) is 10.8. The van der Waals surface area contributed by atoms with Gasteiger partial charge in [-0.05, 0) is 57.2 Å². The summed E-state index contributed by atoms with van der Waals surface area (Å²) in [6.45, 7) is 4.29. The van der Waals surface area contributed by atoms with Gasteiger partial charge in [0.05, 0.1) is 12.5 Å². The van der Waals surface area contributed by atoms with Crippen molar-refractivity contribution in [3.63, 3.8) is 0 Å². The molecule has 1 unspecified atom stereocenters. The number of anilines is 1. The summed E-state index contributed by atoms with van der Waals surface area (Å²) in [4.78, 5) is 2.30. The van der Waals surface area contributed by atoms with Crippen molar-refractivity contribution in [2.75, 3.05) is 30.5 Å². The molecule has 2 rings (SSSR count). The lowest BCUT2D eigenvalue weighted by atomic mass is 9.93. The van der Waals surface area contributed by atoms with E-state index in [1.165, 1.54) is 25.3 Å². The highest BCUT2D eigenvalue weighted by atomic mass is 35.5. The van der Waals surface area contributed by atoms with Crippen LogP contribution in [0, 0.1) is 11.2 Å². The Morgan fingerprint density at radius 1 is 1.33 bits per heavy atom. The van der Waals surface area contributed by atoms with Gasteiger partial charge >= 0.3 is 0 Å². The van der Waals surface area contributed by atoms with Gasteiger partial charge < -0.3 is 9.64 Å². The number of nitrogens with zero attached hydrogens (tertiary/aromatic N) is 1. The van der Waals surface area contributed by atoms with Gasteiger partial charge in [-0.2, -0.15) is 0 Å². The molecule has 0 spiro atoms. The lowest BCUT2D eigenvalue weighted by Gasteiger charge is -2.30. The van der Waals surface area contributed by atoms with Crippen molar-refractivity contribution in [1.82, 2.24) is 0 Å². The Bertz CT molecular complexity index is 522. The first kappa shape index (κ1) is 21.0. The van der Waals surface area contributed by atoms with Gasteiger partial charge in [-0.1, -0.05) is 0 Å². The van der Waals surface area contributed by atoms with Crippen LogP contribution in [-0.4, -0.2) is 31.5 Å². The van der Waals surface area contributed by atoms with Crippen molar-refractivity contribution in [2.45, 2.75) is 44.9 Å². The highest BCUT2D eigenvalue weighted by Crippen LogP contribution is 2.30. The number of hydrogen-bond acceptors (Lipinski definition) is 3. The minimum Gasteiger partial charge on any atom is -0.481 e. The molecule has 1 fully saturated rings. The summed E-state index contributed by atoms with van der Waals surface area (Å²) < 4.78 is 19.8. The van der Waals surface area contributed by atoms with Crippen molar-refractivity contribution in [1.29, 1.82) is 5.41 Å². The fourth-order valence-electron chi connectivity index (χ4n) is 3.11. The van der Waals surface area contributed by atoms with E-state index < -0.39 is 0 Å². The number of piperidine rings is 1.